The maximum absolute atomic E-state index is 13.2. The van der Waals surface area contributed by atoms with E-state index in [1.807, 2.05) is 30.3 Å². The van der Waals surface area contributed by atoms with E-state index in [0.29, 0.717) is 6.42 Å². The van der Waals surface area contributed by atoms with Gasteiger partial charge >= 0.3 is 5.97 Å². The van der Waals surface area contributed by atoms with Crippen LogP contribution in [-0.4, -0.2) is 44.3 Å². The number of nitrogens with zero attached hydrogens (tertiary/aromatic N) is 2. The summed E-state index contributed by atoms with van der Waals surface area (Å²) in [5.41, 5.74) is 0.556. The molecule has 1 unspecified atom stereocenters. The Kier molecular flexibility index (Phi) is 10.1. The summed E-state index contributed by atoms with van der Waals surface area (Å²) in [5, 5.41) is 14.8. The van der Waals surface area contributed by atoms with E-state index < -0.39 is 47.6 Å². The summed E-state index contributed by atoms with van der Waals surface area (Å²) in [4.78, 5) is 67.4. The Hall–Kier alpha value is -4.74. The van der Waals surface area contributed by atoms with Gasteiger partial charge in [-0.3, -0.25) is 24.0 Å². The minimum atomic E-state index is -1.57. The second-order valence-corrected chi connectivity index (χ2v) is 10.3. The highest BCUT2D eigenvalue weighted by Crippen LogP contribution is 2.35. The molecule has 2 aromatic carbocycles. The van der Waals surface area contributed by atoms with Crippen LogP contribution < -0.4 is 16.2 Å². The number of aromatic nitrogens is 2. The zero-order chi connectivity index (χ0) is 31.1. The third kappa shape index (κ3) is 7.76. The van der Waals surface area contributed by atoms with Crippen LogP contribution in [0.3, 0.4) is 0 Å². The first-order chi connectivity index (χ1) is 20.5. The van der Waals surface area contributed by atoms with Crippen molar-refractivity contribution in [3.05, 3.63) is 105 Å². The molecule has 2 heterocycles. The molecular formula is C30H26Cl2N4O7. The number of carboxylic acids is 1. The Balaban J connectivity index is 1.47. The van der Waals surface area contributed by atoms with Gasteiger partial charge in [0, 0.05) is 12.6 Å². The summed E-state index contributed by atoms with van der Waals surface area (Å²) < 4.78 is 6.60. The van der Waals surface area contributed by atoms with E-state index in [9.17, 15) is 29.1 Å². The highest BCUT2D eigenvalue weighted by molar-refractivity contribution is 6.39. The van der Waals surface area contributed by atoms with Crippen molar-refractivity contribution in [3.63, 3.8) is 0 Å². The minimum Gasteiger partial charge on any atom is -0.481 e. The number of pyridine rings is 1. The molecule has 3 N–H and O–H groups in total. The van der Waals surface area contributed by atoms with Crippen LogP contribution in [0.25, 0.3) is 11.3 Å². The maximum Gasteiger partial charge on any atom is 0.305 e. The zero-order valence-electron chi connectivity index (χ0n) is 22.8. The molecular weight excluding hydrogens is 599 g/mol. The smallest absolute Gasteiger partial charge is 0.305 e. The zero-order valence-corrected chi connectivity index (χ0v) is 24.3. The SMILES string of the molecule is C[C@@H](C(=O)NC(CC(=O)O)C(=O)c1ncc(-c2c(Cl)cccc2Cl)o1)n1cccc(NC(=O)CCc2ccccc2)c1=O. The van der Waals surface area contributed by atoms with E-state index >= 15 is 0 Å². The first-order valence-corrected chi connectivity index (χ1v) is 13.8. The van der Waals surface area contributed by atoms with Crippen molar-refractivity contribution in [2.45, 2.75) is 38.3 Å². The number of benzene rings is 2. The fourth-order valence-electron chi connectivity index (χ4n) is 4.21. The van der Waals surface area contributed by atoms with E-state index in [2.05, 4.69) is 15.6 Å². The van der Waals surface area contributed by atoms with Crippen LogP contribution in [-0.2, 0) is 20.8 Å². The van der Waals surface area contributed by atoms with E-state index in [1.54, 1.807) is 18.2 Å². The minimum absolute atomic E-state index is 0.0380. The van der Waals surface area contributed by atoms with Crippen molar-refractivity contribution in [1.29, 1.82) is 0 Å². The van der Waals surface area contributed by atoms with Gasteiger partial charge in [-0.05, 0) is 43.2 Å². The predicted molar refractivity (Wildman–Crippen MR) is 159 cm³/mol. The third-order valence-corrected chi connectivity index (χ3v) is 7.10. The fraction of sp³-hybridized carbons (Fsp3) is 0.200. The molecule has 0 saturated carbocycles. The lowest BCUT2D eigenvalue weighted by molar-refractivity contribution is -0.137. The number of halogens is 2. The Labute approximate surface area is 255 Å². The van der Waals surface area contributed by atoms with E-state index in [0.717, 1.165) is 10.1 Å². The monoisotopic (exact) mass is 624 g/mol. The fourth-order valence-corrected chi connectivity index (χ4v) is 4.80. The largest absolute Gasteiger partial charge is 0.481 e. The summed E-state index contributed by atoms with van der Waals surface area (Å²) in [6.45, 7) is 1.39. The van der Waals surface area contributed by atoms with Gasteiger partial charge in [-0.15, -0.1) is 0 Å². The number of carbonyl (C=O) groups is 4. The highest BCUT2D eigenvalue weighted by Gasteiger charge is 2.31. The Bertz CT molecular complexity index is 1700. The standard InChI is InChI=1S/C30H26Cl2N4O7/c1-17(36-14-6-11-21(30(36)42)34-24(37)13-12-18-7-3-2-4-8-18)28(41)35-22(15-25(38)39)27(40)29-33-16-23(43-29)26-19(31)9-5-10-20(26)32/h2-11,14,16-17,22H,12-13,15H2,1H3,(H,34,37)(H,35,41)(H,38,39)/t17-,22?/m0/s1. The van der Waals surface area contributed by atoms with Crippen molar-refractivity contribution < 1.29 is 28.7 Å². The van der Waals surface area contributed by atoms with Gasteiger partial charge < -0.3 is 24.7 Å². The summed E-state index contributed by atoms with van der Waals surface area (Å²) in [5.74, 6) is -3.89. The van der Waals surface area contributed by atoms with Crippen LogP contribution >= 0.6 is 23.2 Å². The summed E-state index contributed by atoms with van der Waals surface area (Å²) >= 11 is 12.4. The van der Waals surface area contributed by atoms with E-state index in [4.69, 9.17) is 27.6 Å². The molecule has 4 rings (SSSR count). The van der Waals surface area contributed by atoms with Crippen molar-refractivity contribution in [1.82, 2.24) is 14.9 Å². The molecule has 13 heteroatoms. The van der Waals surface area contributed by atoms with Crippen LogP contribution in [0.1, 0.15) is 42.1 Å². The van der Waals surface area contributed by atoms with Crippen LogP contribution in [0.15, 0.2) is 82.3 Å². The molecule has 0 fully saturated rings. The number of hydrogen-bond acceptors (Lipinski definition) is 7. The van der Waals surface area contributed by atoms with Crippen molar-refractivity contribution >= 4 is 52.5 Å². The summed E-state index contributed by atoms with van der Waals surface area (Å²) in [6.07, 6.45) is 2.38. The third-order valence-electron chi connectivity index (χ3n) is 6.47. The first kappa shape index (κ1) is 31.2. The summed E-state index contributed by atoms with van der Waals surface area (Å²) in [7, 11) is 0. The van der Waals surface area contributed by atoms with Crippen molar-refractivity contribution in [3.8, 4) is 11.3 Å². The number of anilines is 1. The topological polar surface area (TPSA) is 161 Å². The van der Waals surface area contributed by atoms with Crippen molar-refractivity contribution in [2.24, 2.45) is 0 Å². The molecule has 0 radical (unpaired) electrons. The van der Waals surface area contributed by atoms with Crippen LogP contribution in [0.2, 0.25) is 10.0 Å². The molecule has 0 bridgehead atoms. The number of carbonyl (C=O) groups excluding carboxylic acids is 3. The lowest BCUT2D eigenvalue weighted by Gasteiger charge is -2.20. The molecule has 222 valence electrons. The number of nitrogens with one attached hydrogen (secondary N) is 2. The van der Waals surface area contributed by atoms with Gasteiger partial charge in [-0.1, -0.05) is 59.6 Å². The van der Waals surface area contributed by atoms with E-state index in [-0.39, 0.29) is 39.4 Å². The maximum atomic E-state index is 13.2. The number of ketones is 1. The number of Topliss-reactive ketones (excluding diaryl/α,β-unsaturated/α-hetero) is 1. The molecule has 2 amide bonds. The Morgan fingerprint density at radius 2 is 1.70 bits per heavy atom. The van der Waals surface area contributed by atoms with Gasteiger partial charge in [0.25, 0.3) is 11.4 Å². The van der Waals surface area contributed by atoms with E-state index in [1.165, 1.54) is 31.5 Å². The second kappa shape index (κ2) is 14.0. The first-order valence-electron chi connectivity index (χ1n) is 13.1. The number of hydrogen-bond donors (Lipinski definition) is 3. The highest BCUT2D eigenvalue weighted by atomic mass is 35.5. The average molecular weight is 625 g/mol. The Morgan fingerprint density at radius 1 is 1.00 bits per heavy atom. The van der Waals surface area contributed by atoms with Crippen LogP contribution in [0, 0.1) is 0 Å². The predicted octanol–water partition coefficient (Wildman–Crippen LogP) is 4.78. The molecule has 0 spiro atoms. The van der Waals surface area contributed by atoms with Gasteiger partial charge in [0.2, 0.25) is 17.6 Å². The van der Waals surface area contributed by atoms with Crippen LogP contribution in [0.5, 0.6) is 0 Å². The van der Waals surface area contributed by atoms with Gasteiger partial charge in [0.15, 0.2) is 5.76 Å². The number of aliphatic carboxylic acids is 1. The molecule has 43 heavy (non-hydrogen) atoms. The van der Waals surface area contributed by atoms with Crippen molar-refractivity contribution in [2.75, 3.05) is 5.32 Å². The molecule has 2 atom stereocenters. The number of amides is 2. The normalized spacial score (nSPS) is 12.3. The summed E-state index contributed by atoms with van der Waals surface area (Å²) in [6, 6.07) is 14.3. The molecule has 11 nitrogen and oxygen atoms in total. The number of oxazole rings is 1. The van der Waals surface area contributed by atoms with Crippen LogP contribution in [0.4, 0.5) is 5.69 Å². The number of aryl methyl sites for hydroxylation is 1. The Morgan fingerprint density at radius 3 is 2.37 bits per heavy atom. The second-order valence-electron chi connectivity index (χ2n) is 9.49. The average Bonchev–Trinajstić information content (AvgIpc) is 3.46. The van der Waals surface area contributed by atoms with Gasteiger partial charge in [0.1, 0.15) is 17.8 Å². The lowest BCUT2D eigenvalue weighted by atomic mass is 10.1. The molecule has 4 aromatic rings. The molecule has 0 aliphatic heterocycles. The quantitative estimate of drug-likeness (QED) is 0.190. The number of rotatable bonds is 12. The van der Waals surface area contributed by atoms with Gasteiger partial charge in [-0.25, -0.2) is 4.98 Å². The molecule has 0 aliphatic carbocycles. The molecule has 2 aromatic heterocycles. The van der Waals surface area contributed by atoms with Gasteiger partial charge in [-0.2, -0.15) is 0 Å². The lowest BCUT2D eigenvalue weighted by Crippen LogP contribution is -2.46. The van der Waals surface area contributed by atoms with Gasteiger partial charge in [0.05, 0.1) is 28.2 Å². The molecule has 0 aliphatic rings. The number of carboxylic acid groups (broad SMARTS) is 1. The molecule has 0 saturated heterocycles.